The van der Waals surface area contributed by atoms with Gasteiger partial charge >= 0.3 is 0 Å². The Bertz CT molecular complexity index is 878. The minimum Gasteiger partial charge on any atom is -0.451 e. The number of fused-ring (bicyclic) bond motifs is 1. The van der Waals surface area contributed by atoms with Crippen molar-refractivity contribution in [1.82, 2.24) is 10.1 Å². The van der Waals surface area contributed by atoms with Crippen molar-refractivity contribution >= 4 is 16.7 Å². The number of nitro groups is 1. The molecule has 4 rings (SSSR count). The van der Waals surface area contributed by atoms with Crippen LogP contribution in [0.1, 0.15) is 25.1 Å². The van der Waals surface area contributed by atoms with Crippen LogP contribution >= 0.6 is 0 Å². The van der Waals surface area contributed by atoms with Crippen molar-refractivity contribution in [3.63, 3.8) is 0 Å². The van der Waals surface area contributed by atoms with Gasteiger partial charge in [-0.15, -0.1) is 0 Å². The molecule has 2 heterocycles. The quantitative estimate of drug-likeness (QED) is 0.583. The molecule has 1 fully saturated rings. The third kappa shape index (κ3) is 1.88. The highest BCUT2D eigenvalue weighted by Crippen LogP contribution is 2.38. The monoisotopic (exact) mass is 300 g/mol. The molecule has 0 amide bonds. The van der Waals surface area contributed by atoms with Gasteiger partial charge in [0.1, 0.15) is 5.58 Å². The third-order valence-corrected chi connectivity index (χ3v) is 4.04. The van der Waals surface area contributed by atoms with Crippen molar-refractivity contribution in [2.24, 2.45) is 5.73 Å². The van der Waals surface area contributed by atoms with E-state index in [0.717, 1.165) is 19.3 Å². The first-order valence-electron chi connectivity index (χ1n) is 6.87. The molecule has 1 aliphatic carbocycles. The molecule has 112 valence electrons. The predicted octanol–water partition coefficient (Wildman–Crippen LogP) is 2.73. The molecule has 8 nitrogen and oxygen atoms in total. The fourth-order valence-electron chi connectivity index (χ4n) is 2.56. The van der Waals surface area contributed by atoms with Crippen LogP contribution in [0.15, 0.2) is 33.2 Å². The minimum absolute atomic E-state index is 0.00134. The second kappa shape index (κ2) is 4.38. The van der Waals surface area contributed by atoms with Crippen LogP contribution in [0.5, 0.6) is 0 Å². The Morgan fingerprint density at radius 1 is 1.32 bits per heavy atom. The number of benzene rings is 1. The zero-order valence-electron chi connectivity index (χ0n) is 11.5. The van der Waals surface area contributed by atoms with Gasteiger partial charge in [-0.3, -0.25) is 10.1 Å². The summed E-state index contributed by atoms with van der Waals surface area (Å²) in [6, 6.07) is 6.02. The van der Waals surface area contributed by atoms with Gasteiger partial charge in [-0.2, -0.15) is 4.98 Å². The van der Waals surface area contributed by atoms with E-state index in [-0.39, 0.29) is 11.6 Å². The summed E-state index contributed by atoms with van der Waals surface area (Å²) in [6.07, 6.45) is 2.71. The molecule has 0 saturated heterocycles. The van der Waals surface area contributed by atoms with Gasteiger partial charge in [-0.1, -0.05) is 5.16 Å². The summed E-state index contributed by atoms with van der Waals surface area (Å²) in [6.45, 7) is 0. The predicted molar refractivity (Wildman–Crippen MR) is 75.9 cm³/mol. The zero-order valence-corrected chi connectivity index (χ0v) is 11.5. The van der Waals surface area contributed by atoms with Crippen LogP contribution in [0.2, 0.25) is 0 Å². The molecule has 0 atom stereocenters. The van der Waals surface area contributed by atoms with Crippen molar-refractivity contribution in [2.45, 2.75) is 24.8 Å². The molecule has 2 aromatic heterocycles. The molecule has 22 heavy (non-hydrogen) atoms. The standard InChI is InChI=1S/C14H12N4O4/c15-14(4-1-5-14)13-16-12(22-17-13)11-7-8-6-9(18(19)20)2-3-10(8)21-11/h2-3,6-7H,1,4-5,15H2. The van der Waals surface area contributed by atoms with E-state index in [4.69, 9.17) is 14.7 Å². The van der Waals surface area contributed by atoms with E-state index >= 15 is 0 Å². The fourth-order valence-corrected chi connectivity index (χ4v) is 2.56. The summed E-state index contributed by atoms with van der Waals surface area (Å²) in [7, 11) is 0. The average molecular weight is 300 g/mol. The summed E-state index contributed by atoms with van der Waals surface area (Å²) in [4.78, 5) is 14.6. The molecule has 3 aromatic rings. The molecule has 1 aromatic carbocycles. The molecule has 0 bridgehead atoms. The Balaban J connectivity index is 1.73. The second-order valence-electron chi connectivity index (χ2n) is 5.52. The third-order valence-electron chi connectivity index (χ3n) is 4.04. The van der Waals surface area contributed by atoms with E-state index in [1.165, 1.54) is 12.1 Å². The smallest absolute Gasteiger partial charge is 0.293 e. The summed E-state index contributed by atoms with van der Waals surface area (Å²) >= 11 is 0. The maximum absolute atomic E-state index is 10.8. The maximum Gasteiger partial charge on any atom is 0.293 e. The number of nitro benzene ring substituents is 1. The number of aromatic nitrogens is 2. The fraction of sp³-hybridized carbons (Fsp3) is 0.286. The lowest BCUT2D eigenvalue weighted by Crippen LogP contribution is -2.44. The lowest BCUT2D eigenvalue weighted by Gasteiger charge is -2.34. The Morgan fingerprint density at radius 3 is 2.82 bits per heavy atom. The highest BCUT2D eigenvalue weighted by molar-refractivity contribution is 5.83. The van der Waals surface area contributed by atoms with Crippen molar-refractivity contribution in [1.29, 1.82) is 0 Å². The van der Waals surface area contributed by atoms with Crippen molar-refractivity contribution in [3.8, 4) is 11.7 Å². The maximum atomic E-state index is 10.8. The van der Waals surface area contributed by atoms with E-state index in [1.807, 2.05) is 0 Å². The highest BCUT2D eigenvalue weighted by atomic mass is 16.6. The Labute approximate surface area is 124 Å². The molecule has 2 N–H and O–H groups in total. The second-order valence-corrected chi connectivity index (χ2v) is 5.52. The van der Waals surface area contributed by atoms with Gasteiger partial charge in [0, 0.05) is 17.5 Å². The number of nitrogens with zero attached hydrogens (tertiary/aromatic N) is 3. The van der Waals surface area contributed by atoms with E-state index in [1.54, 1.807) is 12.1 Å². The molecular weight excluding hydrogens is 288 g/mol. The van der Waals surface area contributed by atoms with Crippen molar-refractivity contribution in [2.75, 3.05) is 0 Å². The Morgan fingerprint density at radius 2 is 2.14 bits per heavy atom. The molecule has 1 aliphatic rings. The van der Waals surface area contributed by atoms with Crippen LogP contribution in [0.25, 0.3) is 22.6 Å². The van der Waals surface area contributed by atoms with Gasteiger partial charge in [0.2, 0.25) is 0 Å². The zero-order chi connectivity index (χ0) is 15.3. The van der Waals surface area contributed by atoms with Gasteiger partial charge in [0.05, 0.1) is 10.5 Å². The van der Waals surface area contributed by atoms with E-state index in [0.29, 0.717) is 22.6 Å². The number of non-ortho nitro benzene ring substituents is 1. The largest absolute Gasteiger partial charge is 0.451 e. The van der Waals surface area contributed by atoms with E-state index in [2.05, 4.69) is 10.1 Å². The summed E-state index contributed by atoms with van der Waals surface area (Å²) in [5.41, 5.74) is 6.17. The lowest BCUT2D eigenvalue weighted by molar-refractivity contribution is -0.384. The first kappa shape index (κ1) is 13.0. The van der Waals surface area contributed by atoms with Gasteiger partial charge < -0.3 is 14.7 Å². The van der Waals surface area contributed by atoms with Crippen molar-refractivity contribution < 1.29 is 13.9 Å². The topological polar surface area (TPSA) is 121 Å². The molecule has 0 unspecified atom stereocenters. The normalized spacial score (nSPS) is 16.6. The van der Waals surface area contributed by atoms with Crippen LogP contribution in [0.3, 0.4) is 0 Å². The highest BCUT2D eigenvalue weighted by Gasteiger charge is 2.39. The van der Waals surface area contributed by atoms with Crippen LogP contribution in [-0.4, -0.2) is 15.1 Å². The van der Waals surface area contributed by atoms with Gasteiger partial charge in [-0.25, -0.2) is 0 Å². The Kier molecular flexibility index (Phi) is 2.58. The summed E-state index contributed by atoms with van der Waals surface area (Å²) in [5.74, 6) is 1.07. The Hall–Kier alpha value is -2.74. The number of nitrogens with two attached hydrogens (primary N) is 1. The minimum atomic E-state index is -0.507. The first-order chi connectivity index (χ1) is 10.5. The van der Waals surface area contributed by atoms with Crippen LogP contribution in [0, 0.1) is 10.1 Å². The molecule has 8 heteroatoms. The number of furan rings is 1. The molecule has 0 spiro atoms. The molecule has 0 radical (unpaired) electrons. The number of hydrogen-bond acceptors (Lipinski definition) is 7. The van der Waals surface area contributed by atoms with Gasteiger partial charge in [-0.05, 0) is 31.4 Å². The summed E-state index contributed by atoms with van der Waals surface area (Å²) in [5, 5.41) is 15.3. The SMILES string of the molecule is NC1(c2noc(-c3cc4cc([N+](=O)[O-])ccc4o3)n2)CCC1. The number of hydrogen-bond donors (Lipinski definition) is 1. The van der Waals surface area contributed by atoms with E-state index in [9.17, 15) is 10.1 Å². The lowest BCUT2D eigenvalue weighted by atomic mass is 9.77. The van der Waals surface area contributed by atoms with E-state index < -0.39 is 10.5 Å². The van der Waals surface area contributed by atoms with Crippen LogP contribution in [-0.2, 0) is 5.54 Å². The summed E-state index contributed by atoms with van der Waals surface area (Å²) < 4.78 is 10.8. The molecular formula is C14H12N4O4. The van der Waals surface area contributed by atoms with Gasteiger partial charge in [0.25, 0.3) is 11.6 Å². The first-order valence-corrected chi connectivity index (χ1v) is 6.87. The average Bonchev–Trinajstić information content (AvgIpc) is 3.10. The van der Waals surface area contributed by atoms with Gasteiger partial charge in [0.15, 0.2) is 11.6 Å². The number of rotatable bonds is 3. The van der Waals surface area contributed by atoms with Crippen LogP contribution < -0.4 is 5.73 Å². The molecule has 0 aliphatic heterocycles. The van der Waals surface area contributed by atoms with Crippen molar-refractivity contribution in [3.05, 3.63) is 40.2 Å². The van der Waals surface area contributed by atoms with Crippen LogP contribution in [0.4, 0.5) is 5.69 Å². The molecule has 1 saturated carbocycles.